The lowest BCUT2D eigenvalue weighted by Gasteiger charge is -2.22. The van der Waals surface area contributed by atoms with Crippen LogP contribution < -0.4 is 5.56 Å². The van der Waals surface area contributed by atoms with Gasteiger partial charge in [-0.3, -0.25) is 14.6 Å². The third kappa shape index (κ3) is 12.1. The van der Waals surface area contributed by atoms with Crippen LogP contribution in [0.5, 0.6) is 0 Å². The molecule has 1 amide bonds. The molecule has 42 heavy (non-hydrogen) atoms. The molecule has 1 N–H and O–H groups in total. The van der Waals surface area contributed by atoms with Crippen LogP contribution in [0.2, 0.25) is 0 Å². The van der Waals surface area contributed by atoms with E-state index in [4.69, 9.17) is 4.74 Å². The van der Waals surface area contributed by atoms with Gasteiger partial charge in [0.15, 0.2) is 0 Å². The van der Waals surface area contributed by atoms with Crippen LogP contribution in [0.3, 0.4) is 0 Å². The van der Waals surface area contributed by atoms with Gasteiger partial charge in [-0.05, 0) is 51.5 Å². The first-order valence-electron chi connectivity index (χ1n) is 14.2. The number of nitrogens with one attached hydrogen (secondary N) is 1. The smallest absolute Gasteiger partial charge is 0.371 e. The number of nitrogens with zero attached hydrogens (tertiary/aromatic N) is 3. The van der Waals surface area contributed by atoms with Gasteiger partial charge in [-0.25, -0.2) is 5.10 Å². The van der Waals surface area contributed by atoms with Gasteiger partial charge in [0.05, 0.1) is 24.3 Å². The minimum Gasteiger partial charge on any atom is -0.371 e. The fourth-order valence-electron chi connectivity index (χ4n) is 4.35. The second-order valence-corrected chi connectivity index (χ2v) is 9.78. The highest BCUT2D eigenvalue weighted by molar-refractivity contribution is 5.80. The van der Waals surface area contributed by atoms with E-state index in [-0.39, 0.29) is 36.6 Å². The van der Waals surface area contributed by atoms with Crippen LogP contribution in [0.1, 0.15) is 102 Å². The lowest BCUT2D eigenvalue weighted by Crippen LogP contribution is -2.33. The Labute approximate surface area is 243 Å². The van der Waals surface area contributed by atoms with E-state index in [0.29, 0.717) is 25.2 Å². The maximum absolute atomic E-state index is 13.1. The van der Waals surface area contributed by atoms with Gasteiger partial charge in [0.1, 0.15) is 11.7 Å². The number of aromatic nitrogens is 2. The second kappa shape index (κ2) is 17.9. The summed E-state index contributed by atoms with van der Waals surface area (Å²) in [6.07, 6.45) is -0.775. The molecule has 0 radical (unpaired) electrons. The molecule has 238 valence electrons. The van der Waals surface area contributed by atoms with E-state index in [9.17, 15) is 35.9 Å². The highest BCUT2D eigenvalue weighted by Gasteiger charge is 2.41. The molecule has 1 atom stereocenters. The number of H-pyrrole nitrogens is 1. The van der Waals surface area contributed by atoms with Gasteiger partial charge in [-0.1, -0.05) is 45.8 Å². The Kier molecular flexibility index (Phi) is 15.8. The van der Waals surface area contributed by atoms with Crippen LogP contribution in [0.4, 0.5) is 26.3 Å². The number of ether oxygens (including phenoxy) is 1. The Morgan fingerprint density at radius 3 is 2.36 bits per heavy atom. The Morgan fingerprint density at radius 1 is 1.12 bits per heavy atom. The van der Waals surface area contributed by atoms with Gasteiger partial charge in [-0.15, -0.1) is 0 Å². The molecule has 1 heterocycles. The molecular formula is C29H42F6N4O3. The number of hydrogen-bond donors (Lipinski definition) is 1. The summed E-state index contributed by atoms with van der Waals surface area (Å²) in [5.41, 5.74) is -2.53. The number of fused-ring (bicyclic) bond motifs is 1. The summed E-state index contributed by atoms with van der Waals surface area (Å²) in [7, 11) is 0. The molecule has 1 aliphatic carbocycles. The molecule has 0 spiro atoms. The molecule has 0 fully saturated rings. The van der Waals surface area contributed by atoms with Crippen LogP contribution in [-0.2, 0) is 22.1 Å². The fourth-order valence-corrected chi connectivity index (χ4v) is 4.35. The predicted octanol–water partition coefficient (Wildman–Crippen LogP) is 7.49. The monoisotopic (exact) mass is 608 g/mol. The average molecular weight is 609 g/mol. The fraction of sp³-hybridized carbons (Fsp3) is 0.655. The van der Waals surface area contributed by atoms with Crippen molar-refractivity contribution in [2.75, 3.05) is 19.7 Å². The molecule has 0 saturated carbocycles. The van der Waals surface area contributed by atoms with Gasteiger partial charge in [0, 0.05) is 25.0 Å². The largest absolute Gasteiger partial charge is 0.422 e. The number of rotatable bonds is 13. The van der Waals surface area contributed by atoms with E-state index >= 15 is 0 Å². The van der Waals surface area contributed by atoms with Crippen molar-refractivity contribution in [1.29, 1.82) is 0 Å². The summed E-state index contributed by atoms with van der Waals surface area (Å²) in [6.45, 7) is 10.5. The summed E-state index contributed by atoms with van der Waals surface area (Å²) in [5, 5.41) is 5.69. The van der Waals surface area contributed by atoms with Crippen LogP contribution in [0, 0.1) is 0 Å². The summed E-state index contributed by atoms with van der Waals surface area (Å²) in [4.78, 5) is 29.5. The summed E-state index contributed by atoms with van der Waals surface area (Å²) in [6, 6.07) is 0. The molecule has 1 unspecified atom stereocenters. The number of halogens is 6. The SMILES string of the molecule is CCCCCN(CCC)C(=O)CCOC1CCc2c1n[nH]c(=O)c2C(F)(F)F.C\C=C(/C=N/C(C)=C/CC)C(F)(F)F. The zero-order valence-corrected chi connectivity index (χ0v) is 24.9. The van der Waals surface area contributed by atoms with E-state index in [1.54, 1.807) is 13.0 Å². The van der Waals surface area contributed by atoms with E-state index in [1.807, 2.05) is 23.8 Å². The number of aromatic amines is 1. The van der Waals surface area contributed by atoms with Crippen molar-refractivity contribution >= 4 is 12.1 Å². The molecule has 0 aromatic carbocycles. The van der Waals surface area contributed by atoms with Crippen LogP contribution in [0.15, 0.2) is 33.2 Å². The molecule has 1 aliphatic rings. The van der Waals surface area contributed by atoms with E-state index in [1.165, 1.54) is 6.92 Å². The highest BCUT2D eigenvalue weighted by Crippen LogP contribution is 2.38. The maximum Gasteiger partial charge on any atom is 0.422 e. The molecular weight excluding hydrogens is 566 g/mol. The van der Waals surface area contributed by atoms with E-state index in [2.05, 4.69) is 17.0 Å². The highest BCUT2D eigenvalue weighted by atomic mass is 19.4. The standard InChI is InChI=1S/C19H28F3N3O3.C10H14F3N/c1-3-5-6-11-25(10-4-2)15(26)9-12-28-14-8-7-13-16(19(20,21)22)18(27)24-23-17(13)14;1-4-6-8(3)14-7-9(5-2)10(11,12)13/h14H,3-12H2,1-2H3,(H,24,27);5-7H,4H2,1-3H3/b;8-6+,9-5+,14-7+. The van der Waals surface area contributed by atoms with Crippen LogP contribution >= 0.6 is 0 Å². The van der Waals surface area contributed by atoms with Crippen molar-refractivity contribution in [3.05, 3.63) is 50.6 Å². The molecule has 0 aliphatic heterocycles. The Balaban J connectivity index is 0.000000532. The first-order valence-corrected chi connectivity index (χ1v) is 14.2. The predicted molar refractivity (Wildman–Crippen MR) is 150 cm³/mol. The van der Waals surface area contributed by atoms with Gasteiger partial charge in [0.25, 0.3) is 5.56 Å². The topological polar surface area (TPSA) is 87.7 Å². The summed E-state index contributed by atoms with van der Waals surface area (Å²) >= 11 is 0. The Hall–Kier alpha value is -2.96. The summed E-state index contributed by atoms with van der Waals surface area (Å²) < 4.78 is 81.6. The lowest BCUT2D eigenvalue weighted by molar-refractivity contribution is -0.139. The Bertz CT molecular complexity index is 1140. The molecule has 13 heteroatoms. The first-order chi connectivity index (χ1) is 19.7. The molecule has 0 bridgehead atoms. The van der Waals surface area contributed by atoms with Crippen molar-refractivity contribution in [2.24, 2.45) is 4.99 Å². The molecule has 1 aromatic heterocycles. The third-order valence-corrected chi connectivity index (χ3v) is 6.42. The average Bonchev–Trinajstić information content (AvgIpc) is 3.30. The van der Waals surface area contributed by atoms with E-state index in [0.717, 1.165) is 44.4 Å². The molecule has 2 rings (SSSR count). The molecule has 1 aromatic rings. The van der Waals surface area contributed by atoms with Gasteiger partial charge in [-0.2, -0.15) is 31.4 Å². The lowest BCUT2D eigenvalue weighted by atomic mass is 10.1. The number of carbonyl (C=O) groups excluding carboxylic acids is 1. The minimum atomic E-state index is -4.73. The van der Waals surface area contributed by atoms with Crippen LogP contribution in [0.25, 0.3) is 0 Å². The van der Waals surface area contributed by atoms with Crippen molar-refractivity contribution in [3.63, 3.8) is 0 Å². The number of aliphatic imine (C=N–C) groups is 1. The van der Waals surface area contributed by atoms with Crippen LogP contribution in [-0.4, -0.2) is 53.1 Å². The number of unbranched alkanes of at least 4 members (excludes halogenated alkanes) is 2. The number of carbonyl (C=O) groups is 1. The van der Waals surface area contributed by atoms with Gasteiger partial charge < -0.3 is 9.64 Å². The normalized spacial score (nSPS) is 15.9. The second-order valence-electron chi connectivity index (χ2n) is 9.78. The first kappa shape index (κ1) is 37.1. The third-order valence-electron chi connectivity index (χ3n) is 6.42. The maximum atomic E-state index is 13.1. The number of allylic oxidation sites excluding steroid dienone is 4. The van der Waals surface area contributed by atoms with Crippen molar-refractivity contribution < 1.29 is 35.9 Å². The zero-order chi connectivity index (χ0) is 31.9. The Morgan fingerprint density at radius 2 is 1.81 bits per heavy atom. The van der Waals surface area contributed by atoms with Gasteiger partial charge in [0.2, 0.25) is 5.91 Å². The number of amides is 1. The van der Waals surface area contributed by atoms with Crippen molar-refractivity contribution in [3.8, 4) is 0 Å². The minimum absolute atomic E-state index is 0.0124. The number of hydrogen-bond acceptors (Lipinski definition) is 5. The summed E-state index contributed by atoms with van der Waals surface area (Å²) in [5.74, 6) is -0.0124. The quantitative estimate of drug-likeness (QED) is 0.143. The van der Waals surface area contributed by atoms with Crippen molar-refractivity contribution in [1.82, 2.24) is 15.1 Å². The van der Waals surface area contributed by atoms with Crippen molar-refractivity contribution in [2.45, 2.75) is 104 Å². The zero-order valence-electron chi connectivity index (χ0n) is 24.9. The van der Waals surface area contributed by atoms with Gasteiger partial charge >= 0.3 is 12.4 Å². The molecule has 0 saturated heterocycles. The molecule has 7 nitrogen and oxygen atoms in total. The van der Waals surface area contributed by atoms with E-state index < -0.39 is 35.2 Å². The number of alkyl halides is 6.